The maximum Gasteiger partial charge on any atom is 0.0710 e. The highest BCUT2D eigenvalue weighted by atomic mass is 16.3. The fourth-order valence-corrected chi connectivity index (χ4v) is 1.84. The molecule has 0 radical (unpaired) electrons. The molecule has 2 unspecified atom stereocenters. The fourth-order valence-electron chi connectivity index (χ4n) is 1.84. The minimum Gasteiger partial charge on any atom is -0.396 e. The first-order chi connectivity index (χ1) is 9.22. The Bertz CT molecular complexity index is 497. The van der Waals surface area contributed by atoms with Crippen molar-refractivity contribution in [2.24, 2.45) is 5.92 Å². The van der Waals surface area contributed by atoms with E-state index in [-0.39, 0.29) is 18.6 Å². The number of aliphatic hydroxyl groups excluding tert-OH is 1. The van der Waals surface area contributed by atoms with Crippen LogP contribution in [0, 0.1) is 5.92 Å². The van der Waals surface area contributed by atoms with Gasteiger partial charge < -0.3 is 10.4 Å². The van der Waals surface area contributed by atoms with Gasteiger partial charge in [0.1, 0.15) is 0 Å². The maximum absolute atomic E-state index is 9.13. The van der Waals surface area contributed by atoms with E-state index in [0.717, 1.165) is 16.8 Å². The van der Waals surface area contributed by atoms with Gasteiger partial charge in [0.05, 0.1) is 11.9 Å². The molecule has 0 spiro atoms. The highest BCUT2D eigenvalue weighted by Crippen LogP contribution is 2.19. The van der Waals surface area contributed by atoms with Gasteiger partial charge in [-0.1, -0.05) is 6.92 Å². The van der Waals surface area contributed by atoms with Crippen molar-refractivity contribution in [3.05, 3.63) is 36.3 Å². The van der Waals surface area contributed by atoms with Gasteiger partial charge >= 0.3 is 0 Å². The average Bonchev–Trinajstić information content (AvgIpc) is 2.93. The first kappa shape index (κ1) is 13.7. The summed E-state index contributed by atoms with van der Waals surface area (Å²) < 4.78 is 0. The lowest BCUT2D eigenvalue weighted by Crippen LogP contribution is -2.33. The van der Waals surface area contributed by atoms with Crippen LogP contribution in [0.4, 0.5) is 0 Å². The van der Waals surface area contributed by atoms with Gasteiger partial charge in [-0.2, -0.15) is 5.10 Å². The van der Waals surface area contributed by atoms with Crippen molar-refractivity contribution in [2.45, 2.75) is 26.4 Å². The van der Waals surface area contributed by atoms with Gasteiger partial charge in [-0.05, 0) is 25.0 Å². The van der Waals surface area contributed by atoms with Gasteiger partial charge in [0.25, 0.3) is 0 Å². The summed E-state index contributed by atoms with van der Waals surface area (Å²) in [6, 6.07) is 4.16. The molecule has 19 heavy (non-hydrogen) atoms. The smallest absolute Gasteiger partial charge is 0.0710 e. The molecule has 5 nitrogen and oxygen atoms in total. The molecular formula is C14H20N4O. The normalized spacial score (nSPS) is 14.3. The topological polar surface area (TPSA) is 73.8 Å². The molecule has 2 rings (SSSR count). The van der Waals surface area contributed by atoms with Crippen molar-refractivity contribution in [3.63, 3.8) is 0 Å². The minimum absolute atomic E-state index is 0.189. The summed E-state index contributed by atoms with van der Waals surface area (Å²) in [5.41, 5.74) is 3.12. The van der Waals surface area contributed by atoms with Crippen LogP contribution in [0.5, 0.6) is 0 Å². The summed E-state index contributed by atoms with van der Waals surface area (Å²) in [7, 11) is 0. The Hall–Kier alpha value is -1.72. The largest absolute Gasteiger partial charge is 0.396 e. The average molecular weight is 260 g/mol. The SMILES string of the molecule is CC(CO)C(C)NCc1cn[nH]c1-c1cccnc1. The number of pyridine rings is 1. The third-order valence-corrected chi connectivity index (χ3v) is 3.42. The quantitative estimate of drug-likeness (QED) is 0.737. The lowest BCUT2D eigenvalue weighted by molar-refractivity contribution is 0.207. The van der Waals surface area contributed by atoms with Crippen LogP contribution in [0.15, 0.2) is 30.7 Å². The van der Waals surface area contributed by atoms with Gasteiger partial charge in [-0.3, -0.25) is 10.1 Å². The van der Waals surface area contributed by atoms with Gasteiger partial charge in [0.15, 0.2) is 0 Å². The summed E-state index contributed by atoms with van der Waals surface area (Å²) in [5, 5.41) is 19.6. The van der Waals surface area contributed by atoms with Crippen molar-refractivity contribution < 1.29 is 5.11 Å². The Balaban J connectivity index is 2.05. The summed E-state index contributed by atoms with van der Waals surface area (Å²) in [6.45, 7) is 5.00. The summed E-state index contributed by atoms with van der Waals surface area (Å²) in [4.78, 5) is 4.12. The molecule has 5 heteroatoms. The van der Waals surface area contributed by atoms with E-state index in [1.54, 1.807) is 6.20 Å². The molecule has 0 saturated carbocycles. The number of aromatic nitrogens is 3. The van der Waals surface area contributed by atoms with Crippen LogP contribution in [-0.2, 0) is 6.54 Å². The predicted octanol–water partition coefficient (Wildman–Crippen LogP) is 1.58. The Labute approximate surface area is 113 Å². The minimum atomic E-state index is 0.189. The number of H-pyrrole nitrogens is 1. The fraction of sp³-hybridized carbons (Fsp3) is 0.429. The predicted molar refractivity (Wildman–Crippen MR) is 74.4 cm³/mol. The second kappa shape index (κ2) is 6.45. The standard InChI is InChI=1S/C14H20N4O/c1-10(9-19)11(2)16-7-13-8-17-18-14(13)12-4-3-5-15-6-12/h3-6,8,10-11,16,19H,7,9H2,1-2H3,(H,17,18). The van der Waals surface area contributed by atoms with Gasteiger partial charge in [0, 0.05) is 42.7 Å². The van der Waals surface area contributed by atoms with Crippen LogP contribution >= 0.6 is 0 Å². The first-order valence-corrected chi connectivity index (χ1v) is 6.49. The van der Waals surface area contributed by atoms with Crippen molar-refractivity contribution in [3.8, 4) is 11.3 Å². The molecule has 2 aromatic heterocycles. The van der Waals surface area contributed by atoms with E-state index < -0.39 is 0 Å². The van der Waals surface area contributed by atoms with E-state index in [1.807, 2.05) is 31.5 Å². The zero-order valence-corrected chi connectivity index (χ0v) is 11.3. The zero-order valence-electron chi connectivity index (χ0n) is 11.3. The van der Waals surface area contributed by atoms with E-state index in [9.17, 15) is 0 Å². The molecule has 2 aromatic rings. The maximum atomic E-state index is 9.13. The molecule has 102 valence electrons. The second-order valence-corrected chi connectivity index (χ2v) is 4.84. The van der Waals surface area contributed by atoms with Gasteiger partial charge in [-0.15, -0.1) is 0 Å². The van der Waals surface area contributed by atoms with Gasteiger partial charge in [-0.25, -0.2) is 0 Å². The highest BCUT2D eigenvalue weighted by molar-refractivity contribution is 5.61. The van der Waals surface area contributed by atoms with E-state index in [2.05, 4.69) is 27.4 Å². The number of rotatable bonds is 6. The number of hydrogen-bond donors (Lipinski definition) is 3. The first-order valence-electron chi connectivity index (χ1n) is 6.49. The van der Waals surface area contributed by atoms with Crippen LogP contribution in [0.2, 0.25) is 0 Å². The zero-order chi connectivity index (χ0) is 13.7. The molecule has 0 aliphatic rings. The molecule has 0 aromatic carbocycles. The Morgan fingerprint density at radius 3 is 2.89 bits per heavy atom. The second-order valence-electron chi connectivity index (χ2n) is 4.84. The van der Waals surface area contributed by atoms with Crippen molar-refractivity contribution in [1.29, 1.82) is 0 Å². The van der Waals surface area contributed by atoms with Crippen LogP contribution in [-0.4, -0.2) is 32.9 Å². The monoisotopic (exact) mass is 260 g/mol. The summed E-state index contributed by atoms with van der Waals surface area (Å²) >= 11 is 0. The molecular weight excluding hydrogens is 240 g/mol. The summed E-state index contributed by atoms with van der Waals surface area (Å²) in [6.07, 6.45) is 5.39. The number of nitrogens with one attached hydrogen (secondary N) is 2. The van der Waals surface area contributed by atoms with E-state index in [4.69, 9.17) is 5.11 Å². The molecule has 2 heterocycles. The van der Waals surface area contributed by atoms with Crippen LogP contribution < -0.4 is 5.32 Å². The Morgan fingerprint density at radius 1 is 1.37 bits per heavy atom. The molecule has 0 aliphatic heterocycles. The van der Waals surface area contributed by atoms with E-state index in [1.165, 1.54) is 0 Å². The van der Waals surface area contributed by atoms with Crippen LogP contribution in [0.3, 0.4) is 0 Å². The van der Waals surface area contributed by atoms with Gasteiger partial charge in [0.2, 0.25) is 0 Å². The summed E-state index contributed by atoms with van der Waals surface area (Å²) in [5.74, 6) is 0.230. The third kappa shape index (κ3) is 3.39. The molecule has 0 saturated heterocycles. The van der Waals surface area contributed by atoms with Crippen LogP contribution in [0.25, 0.3) is 11.3 Å². The van der Waals surface area contributed by atoms with E-state index in [0.29, 0.717) is 6.54 Å². The molecule has 0 fully saturated rings. The molecule has 0 aliphatic carbocycles. The molecule has 2 atom stereocenters. The number of aliphatic hydroxyl groups is 1. The molecule has 0 amide bonds. The van der Waals surface area contributed by atoms with Crippen molar-refractivity contribution >= 4 is 0 Å². The molecule has 3 N–H and O–H groups in total. The van der Waals surface area contributed by atoms with Crippen LogP contribution in [0.1, 0.15) is 19.4 Å². The number of nitrogens with zero attached hydrogens (tertiary/aromatic N) is 2. The Morgan fingerprint density at radius 2 is 2.21 bits per heavy atom. The lowest BCUT2D eigenvalue weighted by atomic mass is 10.0. The number of hydrogen-bond acceptors (Lipinski definition) is 4. The van der Waals surface area contributed by atoms with Crippen molar-refractivity contribution in [1.82, 2.24) is 20.5 Å². The number of aromatic amines is 1. The van der Waals surface area contributed by atoms with Crippen molar-refractivity contribution in [2.75, 3.05) is 6.61 Å². The highest BCUT2D eigenvalue weighted by Gasteiger charge is 2.12. The third-order valence-electron chi connectivity index (χ3n) is 3.42. The lowest BCUT2D eigenvalue weighted by Gasteiger charge is -2.19. The Kier molecular flexibility index (Phi) is 4.65. The molecule has 0 bridgehead atoms. The van der Waals surface area contributed by atoms with E-state index >= 15 is 0 Å².